The molecule has 0 aromatic heterocycles. The summed E-state index contributed by atoms with van der Waals surface area (Å²) in [6.07, 6.45) is 0. The SMILES string of the molecule is COC(=C(COCC(C)(C)C)C(C)(C)C)c1cccc(OP2(=O)OCCO2)c1. The topological polar surface area (TPSA) is 63.2 Å². The number of benzene rings is 1. The minimum Gasteiger partial charge on any atom is -0.496 e. The average Bonchev–Trinajstić information content (AvgIpc) is 2.98. The summed E-state index contributed by atoms with van der Waals surface area (Å²) in [7, 11) is -1.88. The van der Waals surface area contributed by atoms with Crippen LogP contribution in [0.2, 0.25) is 0 Å². The first-order valence-corrected chi connectivity index (χ1v) is 10.9. The molecule has 28 heavy (non-hydrogen) atoms. The molecule has 1 fully saturated rings. The Morgan fingerprint density at radius 3 is 2.29 bits per heavy atom. The maximum absolute atomic E-state index is 12.3. The molecule has 0 bridgehead atoms. The summed E-state index contributed by atoms with van der Waals surface area (Å²) >= 11 is 0. The molecule has 0 spiro atoms. The highest BCUT2D eigenvalue weighted by Gasteiger charge is 2.34. The third-order valence-corrected chi connectivity index (χ3v) is 5.49. The van der Waals surface area contributed by atoms with Gasteiger partial charge in [0.15, 0.2) is 0 Å². The van der Waals surface area contributed by atoms with Gasteiger partial charge in [-0.3, -0.25) is 9.05 Å². The van der Waals surface area contributed by atoms with Crippen LogP contribution in [0.25, 0.3) is 5.76 Å². The van der Waals surface area contributed by atoms with Crippen LogP contribution in [0.5, 0.6) is 5.75 Å². The zero-order valence-corrected chi connectivity index (χ0v) is 18.9. The largest absolute Gasteiger partial charge is 0.530 e. The van der Waals surface area contributed by atoms with Crippen molar-refractivity contribution in [2.24, 2.45) is 10.8 Å². The van der Waals surface area contributed by atoms with Crippen LogP contribution in [-0.4, -0.2) is 33.5 Å². The zero-order chi connectivity index (χ0) is 21.0. The van der Waals surface area contributed by atoms with Gasteiger partial charge in [0.25, 0.3) is 0 Å². The Morgan fingerprint density at radius 1 is 1.11 bits per heavy atom. The molecule has 7 heteroatoms. The maximum Gasteiger partial charge on any atom is 0.530 e. The molecule has 0 amide bonds. The molecule has 0 saturated carbocycles. The summed E-state index contributed by atoms with van der Waals surface area (Å²) in [4.78, 5) is 0. The van der Waals surface area contributed by atoms with Crippen molar-refractivity contribution in [3.63, 3.8) is 0 Å². The first-order chi connectivity index (χ1) is 12.9. The second-order valence-electron chi connectivity index (χ2n) is 9.05. The minimum atomic E-state index is -3.52. The van der Waals surface area contributed by atoms with E-state index in [1.165, 1.54) is 0 Å². The molecule has 2 rings (SSSR count). The quantitative estimate of drug-likeness (QED) is 0.424. The fraction of sp³-hybridized carbons (Fsp3) is 0.619. The van der Waals surface area contributed by atoms with E-state index in [9.17, 15) is 4.57 Å². The highest BCUT2D eigenvalue weighted by atomic mass is 31.2. The molecule has 1 aliphatic heterocycles. The van der Waals surface area contributed by atoms with E-state index in [1.54, 1.807) is 19.2 Å². The van der Waals surface area contributed by atoms with Crippen LogP contribution in [0.3, 0.4) is 0 Å². The molecule has 1 aromatic rings. The highest BCUT2D eigenvalue weighted by Crippen LogP contribution is 2.52. The number of ether oxygens (including phenoxy) is 2. The van der Waals surface area contributed by atoms with E-state index >= 15 is 0 Å². The minimum absolute atomic E-state index is 0.0808. The predicted octanol–water partition coefficient (Wildman–Crippen LogP) is 5.69. The van der Waals surface area contributed by atoms with Gasteiger partial charge >= 0.3 is 7.82 Å². The average molecular weight is 412 g/mol. The van der Waals surface area contributed by atoms with Gasteiger partial charge in [0.05, 0.1) is 33.5 Å². The third-order valence-electron chi connectivity index (χ3n) is 4.06. The van der Waals surface area contributed by atoms with Crippen LogP contribution in [-0.2, 0) is 23.1 Å². The van der Waals surface area contributed by atoms with E-state index in [2.05, 4.69) is 41.5 Å². The number of phosphoric acid groups is 1. The summed E-state index contributed by atoms with van der Waals surface area (Å²) < 4.78 is 39.8. The van der Waals surface area contributed by atoms with E-state index < -0.39 is 7.82 Å². The van der Waals surface area contributed by atoms with Crippen molar-refractivity contribution in [1.29, 1.82) is 0 Å². The smallest absolute Gasteiger partial charge is 0.496 e. The molecule has 0 radical (unpaired) electrons. The standard InChI is InChI=1S/C21H33O6P/c1-20(2,3)15-24-14-18(21(4,5)6)19(23-7)16-9-8-10-17(13-16)27-28(22)25-11-12-26-28/h8-10,13H,11-12,14-15H2,1-7H3. The number of rotatable bonds is 7. The van der Waals surface area contributed by atoms with Gasteiger partial charge in [-0.1, -0.05) is 53.7 Å². The maximum atomic E-state index is 12.3. The highest BCUT2D eigenvalue weighted by molar-refractivity contribution is 7.49. The Morgan fingerprint density at radius 2 is 1.75 bits per heavy atom. The third kappa shape index (κ3) is 6.63. The molecule has 0 N–H and O–H groups in total. The van der Waals surface area contributed by atoms with Gasteiger partial charge < -0.3 is 14.0 Å². The Balaban J connectivity index is 2.32. The van der Waals surface area contributed by atoms with E-state index in [0.29, 0.717) is 19.0 Å². The monoisotopic (exact) mass is 412 g/mol. The van der Waals surface area contributed by atoms with Crippen molar-refractivity contribution >= 4 is 13.6 Å². The fourth-order valence-corrected chi connectivity index (χ4v) is 3.86. The zero-order valence-electron chi connectivity index (χ0n) is 18.0. The van der Waals surface area contributed by atoms with E-state index in [4.69, 9.17) is 23.0 Å². The molecule has 1 saturated heterocycles. The van der Waals surface area contributed by atoms with Crippen molar-refractivity contribution in [2.75, 3.05) is 33.5 Å². The number of hydrogen-bond acceptors (Lipinski definition) is 6. The number of hydrogen-bond donors (Lipinski definition) is 0. The normalized spacial score (nSPS) is 18.0. The molecule has 1 aliphatic rings. The van der Waals surface area contributed by atoms with Crippen molar-refractivity contribution < 1.29 is 27.6 Å². The van der Waals surface area contributed by atoms with Gasteiger partial charge in [0.2, 0.25) is 0 Å². The summed E-state index contributed by atoms with van der Waals surface area (Å²) in [5.74, 6) is 1.12. The van der Waals surface area contributed by atoms with E-state index in [1.807, 2.05) is 12.1 Å². The lowest BCUT2D eigenvalue weighted by molar-refractivity contribution is 0.0787. The van der Waals surface area contributed by atoms with Crippen LogP contribution in [0.15, 0.2) is 29.8 Å². The Kier molecular flexibility index (Phi) is 7.38. The number of phosphoric ester groups is 1. The molecular weight excluding hydrogens is 379 g/mol. The van der Waals surface area contributed by atoms with Crippen LogP contribution in [0, 0.1) is 10.8 Å². The van der Waals surface area contributed by atoms with Gasteiger partial charge in [-0.25, -0.2) is 4.57 Å². The van der Waals surface area contributed by atoms with Gasteiger partial charge in [0, 0.05) is 11.1 Å². The second kappa shape index (κ2) is 9.00. The second-order valence-corrected chi connectivity index (χ2v) is 10.6. The first-order valence-electron chi connectivity index (χ1n) is 9.48. The van der Waals surface area contributed by atoms with Crippen molar-refractivity contribution in [3.05, 3.63) is 35.4 Å². The van der Waals surface area contributed by atoms with Crippen molar-refractivity contribution in [3.8, 4) is 5.75 Å². The van der Waals surface area contributed by atoms with E-state index in [0.717, 1.165) is 16.9 Å². The van der Waals surface area contributed by atoms with Gasteiger partial charge in [-0.2, -0.15) is 0 Å². The predicted molar refractivity (Wildman–Crippen MR) is 110 cm³/mol. The molecule has 1 heterocycles. The Labute approximate surface area is 168 Å². The summed E-state index contributed by atoms with van der Waals surface area (Å²) in [6, 6.07) is 7.24. The van der Waals surface area contributed by atoms with Crippen molar-refractivity contribution in [2.45, 2.75) is 41.5 Å². The van der Waals surface area contributed by atoms with Crippen molar-refractivity contribution in [1.82, 2.24) is 0 Å². The molecular formula is C21H33O6P. The van der Waals surface area contributed by atoms with Gasteiger partial charge in [0.1, 0.15) is 11.5 Å². The fourth-order valence-electron chi connectivity index (χ4n) is 2.71. The van der Waals surface area contributed by atoms with E-state index in [-0.39, 0.29) is 24.0 Å². The lowest BCUT2D eigenvalue weighted by Crippen LogP contribution is -2.21. The Hall–Kier alpha value is -1.33. The molecule has 158 valence electrons. The molecule has 0 aliphatic carbocycles. The van der Waals surface area contributed by atoms with Gasteiger partial charge in [-0.05, 0) is 23.0 Å². The van der Waals surface area contributed by atoms with Crippen LogP contribution in [0.4, 0.5) is 0 Å². The lowest BCUT2D eigenvalue weighted by atomic mass is 9.84. The van der Waals surface area contributed by atoms with Crippen LogP contribution >= 0.6 is 7.82 Å². The molecule has 6 nitrogen and oxygen atoms in total. The Bertz CT molecular complexity index is 732. The lowest BCUT2D eigenvalue weighted by Gasteiger charge is -2.28. The van der Waals surface area contributed by atoms with Gasteiger partial charge in [-0.15, -0.1) is 0 Å². The molecule has 0 unspecified atom stereocenters. The summed E-state index contributed by atoms with van der Waals surface area (Å²) in [6.45, 7) is 14.4. The summed E-state index contributed by atoms with van der Waals surface area (Å²) in [5, 5.41) is 0. The molecule has 1 aromatic carbocycles. The first kappa shape index (κ1) is 23.0. The summed E-state index contributed by atoms with van der Waals surface area (Å²) in [5.41, 5.74) is 1.77. The number of methoxy groups -OCH3 is 1. The molecule has 0 atom stereocenters. The van der Waals surface area contributed by atoms with Crippen LogP contribution in [0.1, 0.15) is 47.1 Å². The van der Waals surface area contributed by atoms with Crippen LogP contribution < -0.4 is 4.52 Å².